The first-order valence-electron chi connectivity index (χ1n) is 6.01. The molecule has 1 aliphatic rings. The van der Waals surface area contributed by atoms with Crippen molar-refractivity contribution >= 4 is 16.5 Å². The van der Waals surface area contributed by atoms with Gasteiger partial charge in [-0.1, -0.05) is 0 Å². The van der Waals surface area contributed by atoms with E-state index in [4.69, 9.17) is 15.2 Å². The van der Waals surface area contributed by atoms with Crippen molar-refractivity contribution in [3.63, 3.8) is 0 Å². The molecule has 17 heavy (non-hydrogen) atoms. The maximum Gasteiger partial charge on any atom is 0.180 e. The molecule has 0 atom stereocenters. The second-order valence-electron chi connectivity index (χ2n) is 4.95. The fourth-order valence-corrected chi connectivity index (χ4v) is 2.60. The average Bonchev–Trinajstić information content (AvgIpc) is 2.76. The summed E-state index contributed by atoms with van der Waals surface area (Å²) in [6.45, 7) is 6.58. The van der Waals surface area contributed by atoms with Crippen molar-refractivity contribution in [3.8, 4) is 0 Å². The molecule has 2 rings (SSSR count). The van der Waals surface area contributed by atoms with E-state index in [2.05, 4.69) is 4.98 Å². The molecule has 1 aliphatic heterocycles. The third-order valence-corrected chi connectivity index (χ3v) is 3.83. The number of ether oxygens (including phenoxy) is 2. The van der Waals surface area contributed by atoms with Crippen molar-refractivity contribution in [1.82, 2.24) is 4.98 Å². The molecule has 0 bridgehead atoms. The highest BCUT2D eigenvalue weighted by atomic mass is 32.1. The minimum atomic E-state index is -0.355. The molecule has 96 valence electrons. The van der Waals surface area contributed by atoms with Crippen LogP contribution in [-0.4, -0.2) is 24.8 Å². The molecule has 0 aliphatic carbocycles. The van der Waals surface area contributed by atoms with E-state index in [0.717, 1.165) is 38.4 Å². The van der Waals surface area contributed by atoms with E-state index < -0.39 is 0 Å². The largest absolute Gasteiger partial charge is 0.381 e. The summed E-state index contributed by atoms with van der Waals surface area (Å²) in [6.07, 6.45) is 2.19. The standard InChI is InChI=1S/C12H20N2O2S/c1-12(2,10-8-17-11(13)14-10)16-7-9-3-5-15-6-4-9/h8-9H,3-7H2,1-2H3,(H2,13,14). The average molecular weight is 256 g/mol. The number of aromatic nitrogens is 1. The highest BCUT2D eigenvalue weighted by Gasteiger charge is 2.26. The van der Waals surface area contributed by atoms with Gasteiger partial charge in [0.1, 0.15) is 5.60 Å². The van der Waals surface area contributed by atoms with Gasteiger partial charge in [-0.2, -0.15) is 0 Å². The first-order chi connectivity index (χ1) is 8.08. The quantitative estimate of drug-likeness (QED) is 0.898. The van der Waals surface area contributed by atoms with Gasteiger partial charge in [0.05, 0.1) is 12.3 Å². The van der Waals surface area contributed by atoms with Gasteiger partial charge in [0.2, 0.25) is 0 Å². The van der Waals surface area contributed by atoms with Crippen LogP contribution in [0.3, 0.4) is 0 Å². The molecule has 0 radical (unpaired) electrons. The van der Waals surface area contributed by atoms with Crippen LogP contribution in [0.1, 0.15) is 32.4 Å². The summed E-state index contributed by atoms with van der Waals surface area (Å²) >= 11 is 1.46. The summed E-state index contributed by atoms with van der Waals surface area (Å²) in [4.78, 5) is 4.29. The zero-order valence-corrected chi connectivity index (χ0v) is 11.3. The predicted molar refractivity (Wildman–Crippen MR) is 69.0 cm³/mol. The van der Waals surface area contributed by atoms with Gasteiger partial charge in [-0.25, -0.2) is 4.98 Å². The van der Waals surface area contributed by atoms with Crippen molar-refractivity contribution in [2.75, 3.05) is 25.6 Å². The topological polar surface area (TPSA) is 57.4 Å². The maximum atomic E-state index is 6.00. The molecule has 1 aromatic heterocycles. The minimum Gasteiger partial charge on any atom is -0.381 e. The number of rotatable bonds is 4. The zero-order valence-electron chi connectivity index (χ0n) is 10.4. The molecule has 5 heteroatoms. The van der Waals surface area contributed by atoms with Crippen LogP contribution in [0.2, 0.25) is 0 Å². The number of nitrogens with two attached hydrogens (primary N) is 1. The normalized spacial score (nSPS) is 18.5. The lowest BCUT2D eigenvalue weighted by atomic mass is 10.0. The van der Waals surface area contributed by atoms with Crippen LogP contribution in [0.15, 0.2) is 5.38 Å². The number of nitrogens with zero attached hydrogens (tertiary/aromatic N) is 1. The molecule has 1 aromatic rings. The third-order valence-electron chi connectivity index (χ3n) is 3.16. The summed E-state index contributed by atoms with van der Waals surface area (Å²) in [6, 6.07) is 0. The molecule has 1 fully saturated rings. The molecular formula is C12H20N2O2S. The molecule has 0 spiro atoms. The molecule has 4 nitrogen and oxygen atoms in total. The Labute approximate surface area is 106 Å². The number of hydrogen-bond donors (Lipinski definition) is 1. The monoisotopic (exact) mass is 256 g/mol. The minimum absolute atomic E-state index is 0.355. The van der Waals surface area contributed by atoms with E-state index in [9.17, 15) is 0 Å². The fourth-order valence-electron chi connectivity index (χ4n) is 1.88. The number of thiazole rings is 1. The van der Waals surface area contributed by atoms with Crippen molar-refractivity contribution in [3.05, 3.63) is 11.1 Å². The van der Waals surface area contributed by atoms with Gasteiger partial charge in [0, 0.05) is 18.6 Å². The Balaban J connectivity index is 1.88. The van der Waals surface area contributed by atoms with Crippen LogP contribution in [0, 0.1) is 5.92 Å². The van der Waals surface area contributed by atoms with Crippen molar-refractivity contribution < 1.29 is 9.47 Å². The lowest BCUT2D eigenvalue weighted by molar-refractivity contribution is -0.0608. The Hall–Kier alpha value is -0.650. The van der Waals surface area contributed by atoms with Gasteiger partial charge in [0.15, 0.2) is 5.13 Å². The Morgan fingerprint density at radius 2 is 2.24 bits per heavy atom. The third kappa shape index (κ3) is 3.40. The van der Waals surface area contributed by atoms with Gasteiger partial charge in [-0.3, -0.25) is 0 Å². The van der Waals surface area contributed by atoms with Crippen LogP contribution in [0.25, 0.3) is 0 Å². The second-order valence-corrected chi connectivity index (χ2v) is 5.84. The highest BCUT2D eigenvalue weighted by molar-refractivity contribution is 7.13. The maximum absolute atomic E-state index is 6.00. The zero-order chi connectivity index (χ0) is 12.3. The molecule has 0 amide bonds. The summed E-state index contributed by atoms with van der Waals surface area (Å²) < 4.78 is 11.3. The first-order valence-corrected chi connectivity index (χ1v) is 6.89. The van der Waals surface area contributed by atoms with Crippen molar-refractivity contribution in [2.24, 2.45) is 5.92 Å². The Morgan fingerprint density at radius 1 is 1.53 bits per heavy atom. The predicted octanol–water partition coefficient (Wildman–Crippen LogP) is 2.40. The summed E-state index contributed by atoms with van der Waals surface area (Å²) in [5.41, 5.74) is 6.22. The van der Waals surface area contributed by atoms with Gasteiger partial charge >= 0.3 is 0 Å². The van der Waals surface area contributed by atoms with Gasteiger partial charge in [-0.15, -0.1) is 11.3 Å². The molecular weight excluding hydrogens is 236 g/mol. The smallest absolute Gasteiger partial charge is 0.180 e. The Morgan fingerprint density at radius 3 is 2.82 bits per heavy atom. The van der Waals surface area contributed by atoms with E-state index in [1.165, 1.54) is 11.3 Å². The number of anilines is 1. The molecule has 0 unspecified atom stereocenters. The van der Waals surface area contributed by atoms with Crippen LogP contribution in [0.4, 0.5) is 5.13 Å². The Kier molecular flexibility index (Phi) is 4.01. The van der Waals surface area contributed by atoms with Crippen LogP contribution >= 0.6 is 11.3 Å². The van der Waals surface area contributed by atoms with Crippen LogP contribution < -0.4 is 5.73 Å². The van der Waals surface area contributed by atoms with E-state index >= 15 is 0 Å². The molecule has 0 saturated carbocycles. The lowest BCUT2D eigenvalue weighted by Crippen LogP contribution is -2.28. The van der Waals surface area contributed by atoms with E-state index in [-0.39, 0.29) is 5.60 Å². The summed E-state index contributed by atoms with van der Waals surface area (Å²) in [5, 5.41) is 2.57. The van der Waals surface area contributed by atoms with E-state index in [0.29, 0.717) is 11.0 Å². The SMILES string of the molecule is CC(C)(OCC1CCOCC1)c1csc(N)n1. The van der Waals surface area contributed by atoms with E-state index in [1.54, 1.807) is 0 Å². The highest BCUT2D eigenvalue weighted by Crippen LogP contribution is 2.28. The van der Waals surface area contributed by atoms with Gasteiger partial charge < -0.3 is 15.2 Å². The fraction of sp³-hybridized carbons (Fsp3) is 0.750. The molecule has 1 saturated heterocycles. The van der Waals surface area contributed by atoms with Gasteiger partial charge in [0.25, 0.3) is 0 Å². The van der Waals surface area contributed by atoms with Crippen molar-refractivity contribution in [2.45, 2.75) is 32.3 Å². The van der Waals surface area contributed by atoms with Crippen molar-refractivity contribution in [1.29, 1.82) is 0 Å². The number of hydrogen-bond acceptors (Lipinski definition) is 5. The van der Waals surface area contributed by atoms with Crippen LogP contribution in [-0.2, 0) is 15.1 Å². The van der Waals surface area contributed by atoms with Gasteiger partial charge in [-0.05, 0) is 32.6 Å². The molecule has 2 heterocycles. The summed E-state index contributed by atoms with van der Waals surface area (Å²) in [5.74, 6) is 0.610. The summed E-state index contributed by atoms with van der Waals surface area (Å²) in [7, 11) is 0. The Bertz CT molecular complexity index is 359. The molecule has 2 N–H and O–H groups in total. The number of nitrogen functional groups attached to an aromatic ring is 1. The van der Waals surface area contributed by atoms with E-state index in [1.807, 2.05) is 19.2 Å². The second kappa shape index (κ2) is 5.33. The first kappa shape index (κ1) is 12.8. The van der Waals surface area contributed by atoms with Crippen LogP contribution in [0.5, 0.6) is 0 Å². The molecule has 0 aromatic carbocycles. The lowest BCUT2D eigenvalue weighted by Gasteiger charge is -2.28.